The minimum Gasteiger partial charge on any atom is -0.248 e. The zero-order valence-electron chi connectivity index (χ0n) is 41.4. The molecule has 0 N–H and O–H groups in total. The van der Waals surface area contributed by atoms with Crippen molar-refractivity contribution in [2.45, 2.75) is 0 Å². The Labute approximate surface area is 442 Å². The van der Waals surface area contributed by atoms with Gasteiger partial charge in [0.2, 0.25) is 0 Å². The Morgan fingerprint density at radius 1 is 0.211 bits per heavy atom. The Morgan fingerprint density at radius 2 is 0.474 bits per heavy atom. The van der Waals surface area contributed by atoms with Crippen molar-refractivity contribution in [3.63, 3.8) is 0 Å². The zero-order chi connectivity index (χ0) is 50.6. The lowest BCUT2D eigenvalue weighted by molar-refractivity contribution is 0.892. The molecule has 358 valence electrons. The van der Waals surface area contributed by atoms with E-state index in [4.69, 9.17) is 20.2 Å². The lowest BCUT2D eigenvalue weighted by Crippen LogP contribution is -2.01. The maximum Gasteiger partial charge on any atom is 0.101 e. The topological polar surface area (TPSA) is 61.4 Å². The summed E-state index contributed by atoms with van der Waals surface area (Å²) in [6.45, 7) is 0. The number of nitrogens with zero attached hydrogens (tertiary/aromatic N) is 6. The fraction of sp³-hybridized carbons (Fsp3) is 0. The van der Waals surface area contributed by atoms with E-state index in [0.717, 1.165) is 124 Å². The molecular formula is C70H48N6. The minimum absolute atomic E-state index is 0.819. The maximum absolute atomic E-state index is 5.49. The molecule has 0 unspecified atom stereocenters. The summed E-state index contributed by atoms with van der Waals surface area (Å²) < 4.78 is 4.20. The van der Waals surface area contributed by atoms with Crippen molar-refractivity contribution in [3.8, 4) is 124 Å². The molecule has 0 radical (unpaired) electrons. The molecule has 6 heteroatoms. The van der Waals surface area contributed by atoms with Crippen LogP contribution in [0.25, 0.3) is 124 Å². The summed E-state index contributed by atoms with van der Waals surface area (Å²) >= 11 is 0. The molecule has 4 heterocycles. The van der Waals surface area contributed by atoms with E-state index in [0.29, 0.717) is 0 Å². The Balaban J connectivity index is 1.04. The first-order chi connectivity index (χ1) is 37.7. The number of rotatable bonds is 12. The van der Waals surface area contributed by atoms with Gasteiger partial charge < -0.3 is 0 Å². The number of para-hydroxylation sites is 2. The molecule has 0 aliphatic rings. The number of hydrogen-bond acceptors (Lipinski definition) is 4. The highest BCUT2D eigenvalue weighted by atomic mass is 15.3. The maximum atomic E-state index is 5.49. The zero-order valence-corrected chi connectivity index (χ0v) is 41.4. The summed E-state index contributed by atoms with van der Waals surface area (Å²) in [6, 6.07) is 101. The van der Waals surface area contributed by atoms with Crippen LogP contribution in [0.3, 0.4) is 0 Å². The SMILES string of the molecule is c1ccc(-c2cc(-c3c(-c4ccccc4)c(-c4ccccc4)nn3-c3ccccc3)cc(-c3cccc(-c4cc(-c5c(-c6ccccc6)c(-c6ccccc6)nn5-c5ccccc5)cc(-c5ccccc5)n4)c3)n2)cc1. The summed E-state index contributed by atoms with van der Waals surface area (Å²) in [7, 11) is 0. The van der Waals surface area contributed by atoms with Gasteiger partial charge in [-0.2, -0.15) is 10.2 Å². The van der Waals surface area contributed by atoms with Gasteiger partial charge >= 0.3 is 0 Å². The van der Waals surface area contributed by atoms with E-state index in [1.54, 1.807) is 0 Å². The third kappa shape index (κ3) is 8.90. The molecule has 0 atom stereocenters. The van der Waals surface area contributed by atoms with E-state index >= 15 is 0 Å². The van der Waals surface area contributed by atoms with E-state index in [2.05, 4.69) is 264 Å². The van der Waals surface area contributed by atoms with Crippen LogP contribution >= 0.6 is 0 Å². The highest BCUT2D eigenvalue weighted by Crippen LogP contribution is 2.45. The van der Waals surface area contributed by atoms with Gasteiger partial charge in [-0.1, -0.05) is 237 Å². The Bertz CT molecular complexity index is 3840. The van der Waals surface area contributed by atoms with Crippen LogP contribution in [0.5, 0.6) is 0 Å². The van der Waals surface area contributed by atoms with Crippen molar-refractivity contribution in [2.24, 2.45) is 0 Å². The Morgan fingerprint density at radius 3 is 0.803 bits per heavy atom. The van der Waals surface area contributed by atoms with Gasteiger partial charge in [0, 0.05) is 55.6 Å². The van der Waals surface area contributed by atoms with Crippen LogP contribution in [-0.4, -0.2) is 29.5 Å². The van der Waals surface area contributed by atoms with Crippen molar-refractivity contribution >= 4 is 0 Å². The van der Waals surface area contributed by atoms with E-state index in [9.17, 15) is 0 Å². The fourth-order valence-corrected chi connectivity index (χ4v) is 10.2. The van der Waals surface area contributed by atoms with Crippen molar-refractivity contribution in [1.82, 2.24) is 29.5 Å². The van der Waals surface area contributed by atoms with Gasteiger partial charge in [0.15, 0.2) is 0 Å². The molecule has 9 aromatic carbocycles. The molecule has 0 fully saturated rings. The molecule has 13 aromatic rings. The molecule has 0 bridgehead atoms. The Kier molecular flexibility index (Phi) is 12.2. The highest BCUT2D eigenvalue weighted by molar-refractivity contribution is 5.96. The molecule has 0 amide bonds. The van der Waals surface area contributed by atoms with Gasteiger partial charge in [0.05, 0.1) is 45.5 Å². The molecular weight excluding hydrogens is 925 g/mol. The quantitative estimate of drug-likeness (QED) is 0.122. The summed E-state index contributed by atoms with van der Waals surface area (Å²) in [5, 5.41) is 11.0. The smallest absolute Gasteiger partial charge is 0.101 e. The lowest BCUT2D eigenvalue weighted by Gasteiger charge is -2.16. The third-order valence-corrected chi connectivity index (χ3v) is 13.8. The van der Waals surface area contributed by atoms with Crippen LogP contribution in [0.2, 0.25) is 0 Å². The van der Waals surface area contributed by atoms with Crippen LogP contribution in [0.4, 0.5) is 0 Å². The predicted molar refractivity (Wildman–Crippen MR) is 311 cm³/mol. The summed E-state index contributed by atoms with van der Waals surface area (Å²) in [4.78, 5) is 11.0. The molecule has 0 aliphatic heterocycles. The normalized spacial score (nSPS) is 11.2. The van der Waals surface area contributed by atoms with E-state index < -0.39 is 0 Å². The van der Waals surface area contributed by atoms with Crippen molar-refractivity contribution in [3.05, 3.63) is 291 Å². The van der Waals surface area contributed by atoms with Crippen LogP contribution < -0.4 is 0 Å². The predicted octanol–water partition coefficient (Wildman–Crippen LogP) is 17.5. The van der Waals surface area contributed by atoms with Gasteiger partial charge in [-0.25, -0.2) is 19.3 Å². The van der Waals surface area contributed by atoms with Crippen LogP contribution in [0.1, 0.15) is 0 Å². The first-order valence-electron chi connectivity index (χ1n) is 25.6. The molecule has 0 saturated heterocycles. The molecule has 76 heavy (non-hydrogen) atoms. The van der Waals surface area contributed by atoms with Gasteiger partial charge in [0.25, 0.3) is 0 Å². The van der Waals surface area contributed by atoms with Crippen LogP contribution in [-0.2, 0) is 0 Å². The number of aromatic nitrogens is 6. The van der Waals surface area contributed by atoms with Crippen LogP contribution in [0, 0.1) is 0 Å². The first-order valence-corrected chi connectivity index (χ1v) is 25.6. The monoisotopic (exact) mass is 972 g/mol. The molecule has 0 saturated carbocycles. The number of pyridine rings is 2. The molecule has 6 nitrogen and oxygen atoms in total. The van der Waals surface area contributed by atoms with Gasteiger partial charge in [-0.15, -0.1) is 0 Å². The largest absolute Gasteiger partial charge is 0.248 e. The third-order valence-electron chi connectivity index (χ3n) is 13.8. The van der Waals surface area contributed by atoms with Crippen molar-refractivity contribution in [2.75, 3.05) is 0 Å². The second-order valence-corrected chi connectivity index (χ2v) is 18.7. The molecule has 0 spiro atoms. The Hall–Kier alpha value is -10.3. The average Bonchev–Trinajstić information content (AvgIpc) is 4.15. The van der Waals surface area contributed by atoms with Crippen molar-refractivity contribution < 1.29 is 0 Å². The second kappa shape index (κ2) is 20.3. The second-order valence-electron chi connectivity index (χ2n) is 18.7. The van der Waals surface area contributed by atoms with E-state index in [1.165, 1.54) is 0 Å². The van der Waals surface area contributed by atoms with Crippen molar-refractivity contribution in [1.29, 1.82) is 0 Å². The fourth-order valence-electron chi connectivity index (χ4n) is 10.2. The summed E-state index contributed by atoms with van der Waals surface area (Å²) in [6.07, 6.45) is 0. The number of hydrogen-bond donors (Lipinski definition) is 0. The summed E-state index contributed by atoms with van der Waals surface area (Å²) in [5.74, 6) is 0. The van der Waals surface area contributed by atoms with E-state index in [1.807, 2.05) is 36.4 Å². The number of benzene rings is 9. The lowest BCUT2D eigenvalue weighted by atomic mass is 9.93. The highest BCUT2D eigenvalue weighted by Gasteiger charge is 2.27. The molecule has 0 aliphatic carbocycles. The molecule has 13 rings (SSSR count). The van der Waals surface area contributed by atoms with Gasteiger partial charge in [-0.05, 0) is 65.7 Å². The van der Waals surface area contributed by atoms with Gasteiger partial charge in [0.1, 0.15) is 11.4 Å². The van der Waals surface area contributed by atoms with Gasteiger partial charge in [-0.3, -0.25) is 0 Å². The standard InChI is InChI=1S/C70H48N6/c1-9-26-49(27-10-1)61-45-57(69-65(51-30-13-3-14-31-51)67(53-34-17-5-18-35-53)73-75(69)59-40-21-7-22-41-59)47-63(71-61)55-38-25-39-56(44-55)64-48-58(46-62(72-64)50-28-11-2-12-29-50)70-66(52-32-15-4-16-33-52)68(54-36-19-6-20-37-54)74-76(70)60-42-23-8-24-43-60/h1-48H. The summed E-state index contributed by atoms with van der Waals surface area (Å²) in [5.41, 5.74) is 21.1. The average molecular weight is 973 g/mol. The van der Waals surface area contributed by atoms with E-state index in [-0.39, 0.29) is 0 Å². The first kappa shape index (κ1) is 45.6. The minimum atomic E-state index is 0.819. The van der Waals surface area contributed by atoms with Crippen LogP contribution in [0.15, 0.2) is 291 Å². The molecule has 4 aromatic heterocycles.